The zero-order valence-corrected chi connectivity index (χ0v) is 10.7. The minimum atomic E-state index is -0.639. The number of carbonyl (C=O) groups is 2. The number of amides is 2. The molecule has 4 N–H and O–H groups in total. The van der Waals surface area contributed by atoms with Crippen LogP contribution in [0.1, 0.15) is 24.5 Å². The highest BCUT2D eigenvalue weighted by Gasteiger charge is 2.09. The van der Waals surface area contributed by atoms with Crippen molar-refractivity contribution in [3.8, 4) is 0 Å². The summed E-state index contributed by atoms with van der Waals surface area (Å²) < 4.78 is 0. The first kappa shape index (κ1) is 14.2. The number of hydrogen-bond acceptors (Lipinski definition) is 3. The minimum Gasteiger partial charge on any atom is -0.352 e. The molecule has 0 heterocycles. The maximum atomic E-state index is 11.6. The highest BCUT2D eigenvalue weighted by atomic mass is 16.2. The van der Waals surface area contributed by atoms with E-state index in [2.05, 4.69) is 10.6 Å². The minimum absolute atomic E-state index is 0.0748. The third-order valence-electron chi connectivity index (χ3n) is 2.37. The molecule has 0 aliphatic carbocycles. The van der Waals surface area contributed by atoms with Gasteiger partial charge in [-0.3, -0.25) is 9.59 Å². The summed E-state index contributed by atoms with van der Waals surface area (Å²) in [6.07, 6.45) is -0.564. The number of carbonyl (C=O) groups excluding carboxylic acids is 2. The molecule has 0 aromatic heterocycles. The number of benzene rings is 1. The lowest BCUT2D eigenvalue weighted by Gasteiger charge is -2.12. The van der Waals surface area contributed by atoms with Gasteiger partial charge in [-0.2, -0.15) is 0 Å². The van der Waals surface area contributed by atoms with Gasteiger partial charge in [0.1, 0.15) is 0 Å². The van der Waals surface area contributed by atoms with Crippen molar-refractivity contribution in [1.29, 1.82) is 0 Å². The van der Waals surface area contributed by atoms with Crippen molar-refractivity contribution in [2.75, 3.05) is 0 Å². The zero-order valence-electron chi connectivity index (χ0n) is 10.7. The van der Waals surface area contributed by atoms with E-state index in [1.807, 2.05) is 31.2 Å². The Morgan fingerprint density at radius 3 is 2.72 bits per heavy atom. The summed E-state index contributed by atoms with van der Waals surface area (Å²) in [5, 5.41) is 5.22. The fourth-order valence-corrected chi connectivity index (χ4v) is 1.61. The van der Waals surface area contributed by atoms with Crippen LogP contribution in [0.3, 0.4) is 0 Å². The van der Waals surface area contributed by atoms with Crippen LogP contribution in [0.25, 0.3) is 0 Å². The van der Waals surface area contributed by atoms with Gasteiger partial charge in [-0.15, -0.1) is 0 Å². The lowest BCUT2D eigenvalue weighted by atomic mass is 10.1. The van der Waals surface area contributed by atoms with Gasteiger partial charge in [-0.25, -0.2) is 0 Å². The Morgan fingerprint density at radius 1 is 1.39 bits per heavy atom. The van der Waals surface area contributed by atoms with Gasteiger partial charge in [0, 0.05) is 13.5 Å². The van der Waals surface area contributed by atoms with Crippen LogP contribution in [-0.2, 0) is 16.1 Å². The maximum absolute atomic E-state index is 11.6. The van der Waals surface area contributed by atoms with Crippen LogP contribution >= 0.6 is 0 Å². The van der Waals surface area contributed by atoms with Crippen LogP contribution < -0.4 is 16.4 Å². The van der Waals surface area contributed by atoms with E-state index >= 15 is 0 Å². The molecule has 1 aromatic rings. The topological polar surface area (TPSA) is 84.2 Å². The third kappa shape index (κ3) is 5.45. The quantitative estimate of drug-likeness (QED) is 0.661. The van der Waals surface area contributed by atoms with Gasteiger partial charge in [0.25, 0.3) is 0 Å². The molecule has 0 bridgehead atoms. The molecule has 0 aliphatic heterocycles. The lowest BCUT2D eigenvalue weighted by molar-refractivity contribution is -0.122. The summed E-state index contributed by atoms with van der Waals surface area (Å²) in [5.41, 5.74) is 7.76. The predicted molar refractivity (Wildman–Crippen MR) is 69.4 cm³/mol. The Kier molecular flexibility index (Phi) is 5.32. The first-order valence-electron chi connectivity index (χ1n) is 5.82. The summed E-state index contributed by atoms with van der Waals surface area (Å²) in [7, 11) is 0. The van der Waals surface area contributed by atoms with Gasteiger partial charge in [-0.05, 0) is 12.5 Å². The van der Waals surface area contributed by atoms with E-state index in [1.54, 1.807) is 0 Å². The van der Waals surface area contributed by atoms with Gasteiger partial charge in [0.05, 0.1) is 12.6 Å². The maximum Gasteiger partial charge on any atom is 0.223 e. The molecule has 1 unspecified atom stereocenters. The van der Waals surface area contributed by atoms with Crippen LogP contribution in [0.2, 0.25) is 0 Å². The average molecular weight is 249 g/mol. The summed E-state index contributed by atoms with van der Waals surface area (Å²) in [6.45, 7) is 3.83. The molecule has 0 saturated heterocycles. The molecule has 1 atom stereocenters. The van der Waals surface area contributed by atoms with Gasteiger partial charge >= 0.3 is 0 Å². The third-order valence-corrected chi connectivity index (χ3v) is 2.37. The van der Waals surface area contributed by atoms with E-state index in [0.29, 0.717) is 6.54 Å². The highest BCUT2D eigenvalue weighted by Crippen LogP contribution is 2.03. The molecular weight excluding hydrogens is 230 g/mol. The van der Waals surface area contributed by atoms with Crippen LogP contribution in [0, 0.1) is 6.92 Å². The first-order valence-corrected chi connectivity index (χ1v) is 5.82. The van der Waals surface area contributed by atoms with E-state index in [0.717, 1.165) is 11.1 Å². The average Bonchev–Trinajstić information content (AvgIpc) is 2.25. The van der Waals surface area contributed by atoms with Crippen molar-refractivity contribution < 1.29 is 9.59 Å². The van der Waals surface area contributed by atoms with Gasteiger partial charge in [0.2, 0.25) is 11.8 Å². The molecule has 18 heavy (non-hydrogen) atoms. The lowest BCUT2D eigenvalue weighted by Crippen LogP contribution is -2.43. The predicted octanol–water partition coefficient (Wildman–Crippen LogP) is 0.422. The standard InChI is InChI=1S/C13H19N3O2/c1-9-4-3-5-11(6-9)8-15-13(18)7-12(14)16-10(2)17/h3-6,12H,7-8,14H2,1-2H3,(H,15,18)(H,16,17). The highest BCUT2D eigenvalue weighted by molar-refractivity contribution is 5.78. The largest absolute Gasteiger partial charge is 0.352 e. The fraction of sp³-hybridized carbons (Fsp3) is 0.385. The van der Waals surface area contributed by atoms with Gasteiger partial charge in [-0.1, -0.05) is 29.8 Å². The van der Waals surface area contributed by atoms with E-state index < -0.39 is 6.17 Å². The van der Waals surface area contributed by atoms with Crippen LogP contribution in [0.5, 0.6) is 0 Å². The van der Waals surface area contributed by atoms with Crippen molar-refractivity contribution in [1.82, 2.24) is 10.6 Å². The number of nitrogens with one attached hydrogen (secondary N) is 2. The van der Waals surface area contributed by atoms with E-state index in [4.69, 9.17) is 5.73 Å². The second kappa shape index (κ2) is 6.76. The van der Waals surface area contributed by atoms with Crippen molar-refractivity contribution in [2.24, 2.45) is 5.73 Å². The van der Waals surface area contributed by atoms with Gasteiger partial charge < -0.3 is 16.4 Å². The number of nitrogens with two attached hydrogens (primary N) is 1. The Balaban J connectivity index is 2.35. The van der Waals surface area contributed by atoms with Crippen LogP contribution in [0.4, 0.5) is 0 Å². The number of rotatable bonds is 5. The molecule has 0 spiro atoms. The van der Waals surface area contributed by atoms with Crippen molar-refractivity contribution in [2.45, 2.75) is 33.0 Å². The molecule has 0 aliphatic rings. The second-order valence-corrected chi connectivity index (χ2v) is 4.28. The summed E-state index contributed by atoms with van der Waals surface area (Å²) in [4.78, 5) is 22.3. The molecule has 1 aromatic carbocycles. The van der Waals surface area contributed by atoms with E-state index in [1.165, 1.54) is 6.92 Å². The number of aryl methyl sites for hydroxylation is 1. The summed E-state index contributed by atoms with van der Waals surface area (Å²) in [5.74, 6) is -0.424. The normalized spacial score (nSPS) is 11.7. The molecule has 0 fully saturated rings. The molecule has 5 nitrogen and oxygen atoms in total. The smallest absolute Gasteiger partial charge is 0.223 e. The Bertz CT molecular complexity index is 432. The Morgan fingerprint density at radius 2 is 2.11 bits per heavy atom. The monoisotopic (exact) mass is 249 g/mol. The molecule has 0 saturated carbocycles. The molecule has 0 radical (unpaired) electrons. The Labute approximate surface area is 107 Å². The van der Waals surface area contributed by atoms with Crippen LogP contribution in [0.15, 0.2) is 24.3 Å². The fourth-order valence-electron chi connectivity index (χ4n) is 1.61. The number of hydrogen-bond donors (Lipinski definition) is 3. The second-order valence-electron chi connectivity index (χ2n) is 4.28. The molecule has 98 valence electrons. The molecule has 2 amide bonds. The van der Waals surface area contributed by atoms with E-state index in [-0.39, 0.29) is 18.2 Å². The summed E-state index contributed by atoms with van der Waals surface area (Å²) >= 11 is 0. The zero-order chi connectivity index (χ0) is 13.5. The summed E-state index contributed by atoms with van der Waals surface area (Å²) in [6, 6.07) is 7.90. The first-order chi connectivity index (χ1) is 8.47. The van der Waals surface area contributed by atoms with Gasteiger partial charge in [0.15, 0.2) is 0 Å². The van der Waals surface area contributed by atoms with Crippen molar-refractivity contribution in [3.05, 3.63) is 35.4 Å². The molecular formula is C13H19N3O2. The van der Waals surface area contributed by atoms with E-state index in [9.17, 15) is 9.59 Å². The SMILES string of the molecule is CC(=O)NC(N)CC(=O)NCc1cccc(C)c1. The Hall–Kier alpha value is -1.88. The van der Waals surface area contributed by atoms with Crippen LogP contribution in [-0.4, -0.2) is 18.0 Å². The molecule has 1 rings (SSSR count). The molecule has 5 heteroatoms. The van der Waals surface area contributed by atoms with Crippen molar-refractivity contribution >= 4 is 11.8 Å². The van der Waals surface area contributed by atoms with Crippen molar-refractivity contribution in [3.63, 3.8) is 0 Å².